The van der Waals surface area contributed by atoms with Crippen molar-refractivity contribution in [3.63, 3.8) is 0 Å². The fraction of sp³-hybridized carbons (Fsp3) is 0.750. The van der Waals surface area contributed by atoms with E-state index in [1.165, 1.54) is 32.5 Å². The summed E-state index contributed by atoms with van der Waals surface area (Å²) in [4.78, 5) is 13.5. The lowest BCUT2D eigenvalue weighted by Crippen LogP contribution is -2.36. The van der Waals surface area contributed by atoms with Gasteiger partial charge in [-0.25, -0.2) is 9.97 Å². The van der Waals surface area contributed by atoms with Crippen LogP contribution < -0.4 is 10.2 Å². The van der Waals surface area contributed by atoms with E-state index < -0.39 is 0 Å². The third kappa shape index (κ3) is 4.30. The molecule has 0 radical (unpaired) electrons. The van der Waals surface area contributed by atoms with Gasteiger partial charge in [0.15, 0.2) is 0 Å². The zero-order valence-electron chi connectivity index (χ0n) is 13.5. The highest BCUT2D eigenvalue weighted by molar-refractivity contribution is 5.48. The summed E-state index contributed by atoms with van der Waals surface area (Å²) in [5, 5.41) is 3.46. The molecule has 0 bridgehead atoms. The Labute approximate surface area is 132 Å². The molecule has 3 rings (SSSR count). The van der Waals surface area contributed by atoms with Gasteiger partial charge < -0.3 is 19.9 Å². The van der Waals surface area contributed by atoms with Gasteiger partial charge in [-0.05, 0) is 31.8 Å². The van der Waals surface area contributed by atoms with Crippen LogP contribution in [-0.4, -0.2) is 67.4 Å². The first-order chi connectivity index (χ1) is 10.8. The Hall–Kier alpha value is -1.40. The first-order valence-electron chi connectivity index (χ1n) is 8.42. The second-order valence-corrected chi connectivity index (χ2v) is 6.35. The van der Waals surface area contributed by atoms with E-state index in [1.807, 2.05) is 6.07 Å². The van der Waals surface area contributed by atoms with E-state index in [0.717, 1.165) is 44.5 Å². The van der Waals surface area contributed by atoms with E-state index in [0.29, 0.717) is 5.92 Å². The molecule has 0 saturated carbocycles. The molecule has 1 unspecified atom stereocenters. The second-order valence-electron chi connectivity index (χ2n) is 6.35. The molecular weight excluding hydrogens is 278 g/mol. The van der Waals surface area contributed by atoms with Crippen molar-refractivity contribution in [2.75, 3.05) is 62.7 Å². The number of rotatable bonds is 6. The standard InChI is InChI=1S/C16H27N5O/c1-14(12-20-4-2-3-5-20)11-17-15-10-16(19-13-18-15)21-6-8-22-9-7-21/h10,13-14H,2-9,11-12H2,1H3,(H,17,18,19). The van der Waals surface area contributed by atoms with E-state index in [-0.39, 0.29) is 0 Å². The van der Waals surface area contributed by atoms with Crippen molar-refractivity contribution < 1.29 is 4.74 Å². The minimum absolute atomic E-state index is 0.625. The van der Waals surface area contributed by atoms with Crippen LogP contribution in [0.1, 0.15) is 19.8 Å². The summed E-state index contributed by atoms with van der Waals surface area (Å²) in [6.07, 6.45) is 4.36. The quantitative estimate of drug-likeness (QED) is 0.859. The first kappa shape index (κ1) is 15.5. The zero-order valence-corrected chi connectivity index (χ0v) is 13.5. The summed E-state index contributed by atoms with van der Waals surface area (Å²) in [5.74, 6) is 2.54. The lowest BCUT2D eigenvalue weighted by atomic mass is 10.1. The molecule has 0 aromatic carbocycles. The summed E-state index contributed by atoms with van der Waals surface area (Å²) in [6.45, 7) is 10.3. The van der Waals surface area contributed by atoms with Crippen LogP contribution >= 0.6 is 0 Å². The van der Waals surface area contributed by atoms with Gasteiger partial charge in [0.1, 0.15) is 18.0 Å². The van der Waals surface area contributed by atoms with Gasteiger partial charge in [-0.3, -0.25) is 0 Å². The Morgan fingerprint density at radius 3 is 2.73 bits per heavy atom. The third-order valence-electron chi connectivity index (χ3n) is 4.39. The van der Waals surface area contributed by atoms with Crippen LogP contribution in [0.15, 0.2) is 12.4 Å². The van der Waals surface area contributed by atoms with E-state index >= 15 is 0 Å². The average Bonchev–Trinajstić information content (AvgIpc) is 3.07. The topological polar surface area (TPSA) is 53.5 Å². The summed E-state index contributed by atoms with van der Waals surface area (Å²) in [7, 11) is 0. The summed E-state index contributed by atoms with van der Waals surface area (Å²) < 4.78 is 5.39. The molecular formula is C16H27N5O. The number of hydrogen-bond acceptors (Lipinski definition) is 6. The van der Waals surface area contributed by atoms with Gasteiger partial charge in [0, 0.05) is 32.2 Å². The van der Waals surface area contributed by atoms with Crippen LogP contribution in [0.2, 0.25) is 0 Å². The van der Waals surface area contributed by atoms with Crippen molar-refractivity contribution in [3.8, 4) is 0 Å². The molecule has 1 N–H and O–H groups in total. The largest absolute Gasteiger partial charge is 0.378 e. The van der Waals surface area contributed by atoms with Crippen molar-refractivity contribution >= 4 is 11.6 Å². The van der Waals surface area contributed by atoms with Crippen molar-refractivity contribution in [1.82, 2.24) is 14.9 Å². The maximum Gasteiger partial charge on any atom is 0.134 e. The number of ether oxygens (including phenoxy) is 1. The summed E-state index contributed by atoms with van der Waals surface area (Å²) in [6, 6.07) is 2.05. The Morgan fingerprint density at radius 2 is 1.95 bits per heavy atom. The van der Waals surface area contributed by atoms with Crippen molar-refractivity contribution in [2.24, 2.45) is 5.92 Å². The SMILES string of the molecule is CC(CNc1cc(N2CCOCC2)ncn1)CN1CCCC1. The van der Waals surface area contributed by atoms with Crippen LogP contribution in [0.5, 0.6) is 0 Å². The Morgan fingerprint density at radius 1 is 1.18 bits per heavy atom. The van der Waals surface area contributed by atoms with E-state index in [4.69, 9.17) is 4.74 Å². The van der Waals surface area contributed by atoms with Gasteiger partial charge in [-0.2, -0.15) is 0 Å². The van der Waals surface area contributed by atoms with Crippen molar-refractivity contribution in [2.45, 2.75) is 19.8 Å². The normalized spacial score (nSPS) is 21.0. The lowest BCUT2D eigenvalue weighted by Gasteiger charge is -2.28. The predicted molar refractivity (Wildman–Crippen MR) is 88.4 cm³/mol. The van der Waals surface area contributed by atoms with Gasteiger partial charge in [0.2, 0.25) is 0 Å². The first-order valence-corrected chi connectivity index (χ1v) is 8.42. The van der Waals surface area contributed by atoms with E-state index in [2.05, 4.69) is 32.0 Å². The number of nitrogens with zero attached hydrogens (tertiary/aromatic N) is 4. The molecule has 2 aliphatic heterocycles. The second kappa shape index (κ2) is 7.74. The van der Waals surface area contributed by atoms with Crippen molar-refractivity contribution in [1.29, 1.82) is 0 Å². The van der Waals surface area contributed by atoms with Crippen LogP contribution in [-0.2, 0) is 4.74 Å². The molecule has 2 saturated heterocycles. The Kier molecular flexibility index (Phi) is 5.45. The monoisotopic (exact) mass is 305 g/mol. The number of nitrogens with one attached hydrogen (secondary N) is 1. The Bertz CT molecular complexity index is 458. The molecule has 0 amide bonds. The molecule has 0 aliphatic carbocycles. The number of likely N-dealkylation sites (tertiary alicyclic amines) is 1. The minimum atomic E-state index is 0.625. The minimum Gasteiger partial charge on any atom is -0.378 e. The number of anilines is 2. The number of aromatic nitrogens is 2. The fourth-order valence-electron chi connectivity index (χ4n) is 3.16. The van der Waals surface area contributed by atoms with Gasteiger partial charge >= 0.3 is 0 Å². The molecule has 3 heterocycles. The van der Waals surface area contributed by atoms with E-state index in [1.54, 1.807) is 6.33 Å². The van der Waals surface area contributed by atoms with Gasteiger partial charge in [-0.15, -0.1) is 0 Å². The molecule has 6 heteroatoms. The molecule has 22 heavy (non-hydrogen) atoms. The zero-order chi connectivity index (χ0) is 15.2. The van der Waals surface area contributed by atoms with Crippen LogP contribution in [0, 0.1) is 5.92 Å². The molecule has 2 aliphatic rings. The van der Waals surface area contributed by atoms with Gasteiger partial charge in [-0.1, -0.05) is 6.92 Å². The van der Waals surface area contributed by atoms with Crippen molar-refractivity contribution in [3.05, 3.63) is 12.4 Å². The van der Waals surface area contributed by atoms with E-state index in [9.17, 15) is 0 Å². The average molecular weight is 305 g/mol. The van der Waals surface area contributed by atoms with Gasteiger partial charge in [0.25, 0.3) is 0 Å². The molecule has 0 spiro atoms. The maximum atomic E-state index is 5.39. The van der Waals surface area contributed by atoms with Crippen LogP contribution in [0.25, 0.3) is 0 Å². The molecule has 1 aromatic rings. The molecule has 122 valence electrons. The Balaban J connectivity index is 1.49. The number of morpholine rings is 1. The molecule has 1 atom stereocenters. The number of hydrogen-bond donors (Lipinski definition) is 1. The fourth-order valence-corrected chi connectivity index (χ4v) is 3.16. The third-order valence-corrected chi connectivity index (χ3v) is 4.39. The predicted octanol–water partition coefficient (Wildman–Crippen LogP) is 1.46. The maximum absolute atomic E-state index is 5.39. The highest BCUT2D eigenvalue weighted by Crippen LogP contribution is 2.16. The van der Waals surface area contributed by atoms with Gasteiger partial charge in [0.05, 0.1) is 13.2 Å². The molecule has 1 aromatic heterocycles. The molecule has 6 nitrogen and oxygen atoms in total. The highest BCUT2D eigenvalue weighted by atomic mass is 16.5. The molecule has 2 fully saturated rings. The van der Waals surface area contributed by atoms with Crippen LogP contribution in [0.3, 0.4) is 0 Å². The summed E-state index contributed by atoms with van der Waals surface area (Å²) in [5.41, 5.74) is 0. The smallest absolute Gasteiger partial charge is 0.134 e. The highest BCUT2D eigenvalue weighted by Gasteiger charge is 2.15. The van der Waals surface area contributed by atoms with Crippen LogP contribution in [0.4, 0.5) is 11.6 Å². The summed E-state index contributed by atoms with van der Waals surface area (Å²) >= 11 is 0. The lowest BCUT2D eigenvalue weighted by molar-refractivity contribution is 0.122.